The average molecular weight is 638 g/mol. The molecular weight excluding hydrogens is 602 g/mol. The van der Waals surface area contributed by atoms with Gasteiger partial charge in [-0.05, 0) is 47.9 Å². The number of halogens is 3. The molecule has 3 rings (SSSR count). The van der Waals surface area contributed by atoms with E-state index in [1.54, 1.807) is 18.2 Å². The number of amides is 2. The third-order valence-corrected chi connectivity index (χ3v) is 9.01. The van der Waals surface area contributed by atoms with Crippen LogP contribution in [0.25, 0.3) is 0 Å². The van der Waals surface area contributed by atoms with Gasteiger partial charge >= 0.3 is 10.2 Å². The highest BCUT2D eigenvalue weighted by atomic mass is 35.5. The van der Waals surface area contributed by atoms with Crippen molar-refractivity contribution in [3.8, 4) is 0 Å². The van der Waals surface area contributed by atoms with Crippen LogP contribution in [0.2, 0.25) is 10.0 Å². The molecule has 3 aromatic rings. The SMILES string of the molecule is CC(C)CNC(=O)[C@@H](Cc1ccccc1)N(Cc1c(Cl)cccc1Cl)C(=O)CN(c1ccc(F)cc1)S(=O)(=O)N(C)C. The molecule has 226 valence electrons. The molecule has 2 amide bonds. The summed E-state index contributed by atoms with van der Waals surface area (Å²) in [5.74, 6) is -1.51. The summed E-state index contributed by atoms with van der Waals surface area (Å²) >= 11 is 13.0. The first-order chi connectivity index (χ1) is 19.8. The van der Waals surface area contributed by atoms with Crippen molar-refractivity contribution in [1.29, 1.82) is 0 Å². The van der Waals surface area contributed by atoms with Gasteiger partial charge in [-0.2, -0.15) is 12.7 Å². The molecule has 0 aliphatic carbocycles. The molecule has 0 spiro atoms. The summed E-state index contributed by atoms with van der Waals surface area (Å²) in [7, 11) is -1.55. The van der Waals surface area contributed by atoms with Gasteiger partial charge in [-0.3, -0.25) is 9.59 Å². The normalized spacial score (nSPS) is 12.3. The van der Waals surface area contributed by atoms with Crippen molar-refractivity contribution >= 4 is 50.9 Å². The van der Waals surface area contributed by atoms with E-state index in [4.69, 9.17) is 23.2 Å². The predicted octanol–water partition coefficient (Wildman–Crippen LogP) is 5.16. The van der Waals surface area contributed by atoms with E-state index in [2.05, 4.69) is 5.32 Å². The van der Waals surface area contributed by atoms with Crippen LogP contribution >= 0.6 is 23.2 Å². The summed E-state index contributed by atoms with van der Waals surface area (Å²) in [6, 6.07) is 17.8. The molecule has 0 fully saturated rings. The van der Waals surface area contributed by atoms with Crippen molar-refractivity contribution in [3.63, 3.8) is 0 Å². The van der Waals surface area contributed by atoms with Crippen molar-refractivity contribution in [3.05, 3.63) is 99.8 Å². The maximum atomic E-state index is 14.2. The standard InChI is InChI=1S/C30H35Cl2FN4O4S/c1-21(2)18-34-30(39)28(17-22-9-6-5-7-10-22)36(19-25-26(31)11-8-12-27(25)32)29(38)20-37(42(40,41)35(3)4)24-15-13-23(33)14-16-24/h5-16,21,28H,17-20H2,1-4H3,(H,34,39)/t28-/m1/s1. The quantitative estimate of drug-likeness (QED) is 0.281. The molecule has 0 aromatic heterocycles. The van der Waals surface area contributed by atoms with E-state index in [0.717, 1.165) is 26.3 Å². The Morgan fingerprint density at radius 1 is 0.905 bits per heavy atom. The Labute approximate surface area is 257 Å². The molecule has 42 heavy (non-hydrogen) atoms. The van der Waals surface area contributed by atoms with Crippen molar-refractivity contribution < 1.29 is 22.4 Å². The van der Waals surface area contributed by atoms with Crippen LogP contribution in [0.4, 0.5) is 10.1 Å². The molecule has 0 aliphatic rings. The molecule has 0 heterocycles. The topological polar surface area (TPSA) is 90.0 Å². The van der Waals surface area contributed by atoms with Gasteiger partial charge in [-0.1, -0.05) is 73.4 Å². The Morgan fingerprint density at radius 2 is 1.50 bits per heavy atom. The zero-order chi connectivity index (χ0) is 31.0. The second-order valence-corrected chi connectivity index (χ2v) is 13.2. The van der Waals surface area contributed by atoms with Crippen molar-refractivity contribution in [1.82, 2.24) is 14.5 Å². The highest BCUT2D eigenvalue weighted by Crippen LogP contribution is 2.28. The highest BCUT2D eigenvalue weighted by molar-refractivity contribution is 7.90. The molecule has 0 unspecified atom stereocenters. The Kier molecular flexibility index (Phi) is 11.8. The predicted molar refractivity (Wildman–Crippen MR) is 165 cm³/mol. The van der Waals surface area contributed by atoms with Crippen molar-refractivity contribution in [2.75, 3.05) is 31.5 Å². The third kappa shape index (κ3) is 8.67. The summed E-state index contributed by atoms with van der Waals surface area (Å²) in [5, 5.41) is 3.49. The maximum Gasteiger partial charge on any atom is 0.304 e. The number of carbonyl (C=O) groups excluding carboxylic acids is 2. The van der Waals surface area contributed by atoms with E-state index >= 15 is 0 Å². The van der Waals surface area contributed by atoms with Crippen molar-refractivity contribution in [2.24, 2.45) is 5.92 Å². The average Bonchev–Trinajstić information content (AvgIpc) is 2.94. The van der Waals surface area contributed by atoms with Gasteiger partial charge in [0.1, 0.15) is 18.4 Å². The lowest BCUT2D eigenvalue weighted by atomic mass is 10.0. The fourth-order valence-electron chi connectivity index (χ4n) is 4.15. The van der Waals surface area contributed by atoms with E-state index in [1.165, 1.54) is 31.1 Å². The van der Waals surface area contributed by atoms with E-state index in [-0.39, 0.29) is 34.6 Å². The number of nitrogens with zero attached hydrogens (tertiary/aromatic N) is 3. The van der Waals surface area contributed by atoms with E-state index in [1.807, 2.05) is 44.2 Å². The number of nitrogens with one attached hydrogen (secondary N) is 1. The van der Waals surface area contributed by atoms with Crippen LogP contribution in [-0.2, 0) is 32.8 Å². The Hall–Kier alpha value is -3.18. The molecule has 1 N–H and O–H groups in total. The van der Waals surface area contributed by atoms with Crippen LogP contribution in [0.5, 0.6) is 0 Å². The lowest BCUT2D eigenvalue weighted by Crippen LogP contribution is -2.54. The first kappa shape index (κ1) is 33.3. The van der Waals surface area contributed by atoms with Gasteiger partial charge in [0.2, 0.25) is 11.8 Å². The van der Waals surface area contributed by atoms with Crippen LogP contribution in [0, 0.1) is 11.7 Å². The van der Waals surface area contributed by atoms with Crippen LogP contribution in [0.15, 0.2) is 72.8 Å². The zero-order valence-corrected chi connectivity index (χ0v) is 26.3. The zero-order valence-electron chi connectivity index (χ0n) is 23.9. The third-order valence-electron chi connectivity index (χ3n) is 6.48. The summed E-state index contributed by atoms with van der Waals surface area (Å²) in [6.45, 7) is 3.44. The van der Waals surface area contributed by atoms with Gasteiger partial charge in [0.15, 0.2) is 0 Å². The Morgan fingerprint density at radius 3 is 2.05 bits per heavy atom. The molecule has 0 saturated heterocycles. The van der Waals surface area contributed by atoms with Gasteiger partial charge in [0, 0.05) is 49.2 Å². The fourth-order valence-corrected chi connectivity index (χ4v) is 5.73. The summed E-state index contributed by atoms with van der Waals surface area (Å²) < 4.78 is 42.3. The number of hydrogen-bond acceptors (Lipinski definition) is 4. The second-order valence-electron chi connectivity index (χ2n) is 10.3. The van der Waals surface area contributed by atoms with Crippen LogP contribution in [-0.4, -0.2) is 62.7 Å². The molecule has 12 heteroatoms. The van der Waals surface area contributed by atoms with E-state index in [9.17, 15) is 22.4 Å². The summed E-state index contributed by atoms with van der Waals surface area (Å²) in [4.78, 5) is 29.2. The molecule has 0 aliphatic heterocycles. The van der Waals surface area contributed by atoms with E-state index in [0.29, 0.717) is 12.1 Å². The Balaban J connectivity index is 2.13. The molecule has 3 aromatic carbocycles. The second kappa shape index (κ2) is 14.8. The lowest BCUT2D eigenvalue weighted by Gasteiger charge is -2.34. The van der Waals surface area contributed by atoms with Crippen LogP contribution < -0.4 is 9.62 Å². The summed E-state index contributed by atoms with van der Waals surface area (Å²) in [5.41, 5.74) is 1.28. The molecule has 8 nitrogen and oxygen atoms in total. The molecule has 0 bridgehead atoms. The highest BCUT2D eigenvalue weighted by Gasteiger charge is 2.35. The molecular formula is C30H35Cl2FN4O4S. The smallest absolute Gasteiger partial charge is 0.304 e. The number of hydrogen-bond donors (Lipinski definition) is 1. The maximum absolute atomic E-state index is 14.2. The first-order valence-corrected chi connectivity index (χ1v) is 15.5. The first-order valence-electron chi connectivity index (χ1n) is 13.3. The van der Waals surface area contributed by atoms with Crippen molar-refractivity contribution in [2.45, 2.75) is 32.9 Å². The minimum Gasteiger partial charge on any atom is -0.354 e. The van der Waals surface area contributed by atoms with Gasteiger partial charge in [0.05, 0.1) is 5.69 Å². The van der Waals surface area contributed by atoms with Gasteiger partial charge in [-0.15, -0.1) is 0 Å². The van der Waals surface area contributed by atoms with Gasteiger partial charge in [-0.25, -0.2) is 8.70 Å². The van der Waals surface area contributed by atoms with Gasteiger partial charge in [0.25, 0.3) is 0 Å². The molecule has 1 atom stereocenters. The lowest BCUT2D eigenvalue weighted by molar-refractivity contribution is -0.140. The van der Waals surface area contributed by atoms with Gasteiger partial charge < -0.3 is 10.2 Å². The molecule has 0 radical (unpaired) electrons. The number of carbonyl (C=O) groups is 2. The number of benzene rings is 3. The van der Waals surface area contributed by atoms with E-state index < -0.39 is 40.4 Å². The minimum atomic E-state index is -4.20. The number of anilines is 1. The number of rotatable bonds is 13. The fraction of sp³-hybridized carbons (Fsp3) is 0.333. The van der Waals surface area contributed by atoms with Crippen LogP contribution in [0.3, 0.4) is 0 Å². The Bertz CT molecular complexity index is 1450. The summed E-state index contributed by atoms with van der Waals surface area (Å²) in [6.07, 6.45) is 0.148. The van der Waals surface area contributed by atoms with Crippen LogP contribution in [0.1, 0.15) is 25.0 Å². The minimum absolute atomic E-state index is 0.0815. The molecule has 0 saturated carbocycles. The largest absolute Gasteiger partial charge is 0.354 e. The monoisotopic (exact) mass is 636 g/mol.